The van der Waals surface area contributed by atoms with Crippen LogP contribution in [0.15, 0.2) is 188 Å². The number of hydrogen-bond acceptors (Lipinski definition) is 1. The van der Waals surface area contributed by atoms with Crippen molar-refractivity contribution in [2.75, 3.05) is 4.90 Å². The Balaban J connectivity index is 1.05. The van der Waals surface area contributed by atoms with E-state index in [1.165, 1.54) is 90.0 Å². The van der Waals surface area contributed by atoms with E-state index in [0.717, 1.165) is 11.4 Å². The van der Waals surface area contributed by atoms with Gasteiger partial charge in [-0.15, -0.1) is 0 Å². The molecule has 1 saturated carbocycles. The summed E-state index contributed by atoms with van der Waals surface area (Å²) in [6.45, 7) is 4.81. The molecule has 8 aromatic carbocycles. The monoisotopic (exact) mass is 703 g/mol. The minimum absolute atomic E-state index is 0.0820. The zero-order valence-corrected chi connectivity index (χ0v) is 31.2. The summed E-state index contributed by atoms with van der Waals surface area (Å²) in [6.07, 6.45) is 1.20. The first-order valence-electron chi connectivity index (χ1n) is 19.7. The Morgan fingerprint density at radius 2 is 0.891 bits per heavy atom. The average Bonchev–Trinajstić information content (AvgIpc) is 4.03. The first kappa shape index (κ1) is 32.0. The SMILES string of the molecule is CC1(C)c2ccccc2-c2cccc(-c3cccc4c3-c3ccc(N(c5ccc(-c6ccccc6)cc5)c5ccc(-c6ccccc6)cc5)cc3C3CC43)c21. The van der Waals surface area contributed by atoms with Crippen molar-refractivity contribution in [3.8, 4) is 55.6 Å². The molecule has 1 heteroatoms. The van der Waals surface area contributed by atoms with E-state index in [-0.39, 0.29) is 5.41 Å². The zero-order valence-electron chi connectivity index (χ0n) is 31.2. The lowest BCUT2D eigenvalue weighted by atomic mass is 9.75. The van der Waals surface area contributed by atoms with Crippen LogP contribution in [0.25, 0.3) is 55.6 Å². The fourth-order valence-electron chi connectivity index (χ4n) is 9.90. The van der Waals surface area contributed by atoms with Gasteiger partial charge < -0.3 is 4.90 Å². The molecule has 3 aliphatic carbocycles. The molecule has 55 heavy (non-hydrogen) atoms. The van der Waals surface area contributed by atoms with Gasteiger partial charge in [0.2, 0.25) is 0 Å². The molecule has 262 valence electrons. The molecule has 0 N–H and O–H groups in total. The second-order valence-corrected chi connectivity index (χ2v) is 16.0. The molecule has 0 heterocycles. The van der Waals surface area contributed by atoms with Gasteiger partial charge in [-0.05, 0) is 133 Å². The second-order valence-electron chi connectivity index (χ2n) is 16.0. The Labute approximate surface area is 324 Å². The summed E-state index contributed by atoms with van der Waals surface area (Å²) in [6, 6.07) is 69.7. The molecule has 3 aliphatic rings. The van der Waals surface area contributed by atoms with E-state index in [0.29, 0.717) is 11.8 Å². The molecular weight excluding hydrogens is 663 g/mol. The van der Waals surface area contributed by atoms with Crippen LogP contribution in [0.5, 0.6) is 0 Å². The van der Waals surface area contributed by atoms with Crippen LogP contribution in [0.3, 0.4) is 0 Å². The quantitative estimate of drug-likeness (QED) is 0.167. The van der Waals surface area contributed by atoms with E-state index in [2.05, 4.69) is 207 Å². The lowest BCUT2D eigenvalue weighted by molar-refractivity contribution is 0.662. The fourth-order valence-corrected chi connectivity index (χ4v) is 9.90. The lowest BCUT2D eigenvalue weighted by Gasteiger charge is -2.30. The summed E-state index contributed by atoms with van der Waals surface area (Å²) in [7, 11) is 0. The molecule has 0 saturated heterocycles. The van der Waals surface area contributed by atoms with Crippen LogP contribution < -0.4 is 4.90 Å². The highest BCUT2D eigenvalue weighted by Crippen LogP contribution is 2.64. The van der Waals surface area contributed by atoms with Crippen molar-refractivity contribution in [1.82, 2.24) is 0 Å². The smallest absolute Gasteiger partial charge is 0.0464 e. The molecule has 11 rings (SSSR count). The predicted molar refractivity (Wildman–Crippen MR) is 231 cm³/mol. The van der Waals surface area contributed by atoms with E-state index in [9.17, 15) is 0 Å². The van der Waals surface area contributed by atoms with Gasteiger partial charge in [-0.2, -0.15) is 0 Å². The molecule has 0 bridgehead atoms. The summed E-state index contributed by atoms with van der Waals surface area (Å²) >= 11 is 0. The van der Waals surface area contributed by atoms with Crippen molar-refractivity contribution in [1.29, 1.82) is 0 Å². The Bertz CT molecular complexity index is 2660. The van der Waals surface area contributed by atoms with Crippen molar-refractivity contribution in [2.24, 2.45) is 0 Å². The van der Waals surface area contributed by atoms with E-state index in [1.54, 1.807) is 0 Å². The van der Waals surface area contributed by atoms with E-state index < -0.39 is 0 Å². The van der Waals surface area contributed by atoms with Crippen molar-refractivity contribution in [3.05, 3.63) is 210 Å². The highest BCUT2D eigenvalue weighted by Gasteiger charge is 2.47. The van der Waals surface area contributed by atoms with Gasteiger partial charge in [0.15, 0.2) is 0 Å². The minimum Gasteiger partial charge on any atom is -0.310 e. The molecule has 1 nitrogen and oxygen atoms in total. The summed E-state index contributed by atoms with van der Waals surface area (Å²) in [5, 5.41) is 0. The summed E-state index contributed by atoms with van der Waals surface area (Å²) in [5.74, 6) is 1.10. The molecular formula is C54H41N. The van der Waals surface area contributed by atoms with Gasteiger partial charge in [0.05, 0.1) is 0 Å². The average molecular weight is 704 g/mol. The fraction of sp³-hybridized carbons (Fsp3) is 0.111. The molecule has 0 amide bonds. The van der Waals surface area contributed by atoms with Crippen LogP contribution in [0, 0.1) is 0 Å². The first-order chi connectivity index (χ1) is 27.0. The van der Waals surface area contributed by atoms with Crippen molar-refractivity contribution in [2.45, 2.75) is 37.5 Å². The topological polar surface area (TPSA) is 3.24 Å². The zero-order chi connectivity index (χ0) is 36.7. The highest BCUT2D eigenvalue weighted by molar-refractivity contribution is 5.96. The number of anilines is 3. The highest BCUT2D eigenvalue weighted by atomic mass is 15.1. The third-order valence-electron chi connectivity index (χ3n) is 12.6. The number of hydrogen-bond donors (Lipinski definition) is 0. The molecule has 0 aromatic heterocycles. The third kappa shape index (κ3) is 5.07. The molecule has 2 atom stereocenters. The van der Waals surface area contributed by atoms with Crippen LogP contribution in [-0.4, -0.2) is 0 Å². The molecule has 8 aromatic rings. The second kappa shape index (κ2) is 12.3. The van der Waals surface area contributed by atoms with Gasteiger partial charge >= 0.3 is 0 Å². The van der Waals surface area contributed by atoms with E-state index in [1.807, 2.05) is 0 Å². The van der Waals surface area contributed by atoms with E-state index >= 15 is 0 Å². The van der Waals surface area contributed by atoms with Crippen LogP contribution in [0.1, 0.15) is 54.4 Å². The van der Waals surface area contributed by atoms with Gasteiger partial charge in [0.25, 0.3) is 0 Å². The number of nitrogens with zero attached hydrogens (tertiary/aromatic N) is 1. The Morgan fingerprint density at radius 1 is 0.400 bits per heavy atom. The van der Waals surface area contributed by atoms with Gasteiger partial charge in [-0.25, -0.2) is 0 Å². The summed E-state index contributed by atoms with van der Waals surface area (Å²) < 4.78 is 0. The normalized spacial score (nSPS) is 16.6. The number of rotatable bonds is 6. The minimum atomic E-state index is -0.0820. The summed E-state index contributed by atoms with van der Waals surface area (Å²) in [4.78, 5) is 2.44. The first-order valence-corrected chi connectivity index (χ1v) is 19.7. The third-order valence-corrected chi connectivity index (χ3v) is 12.6. The predicted octanol–water partition coefficient (Wildman–Crippen LogP) is 14.7. The Kier molecular flexibility index (Phi) is 7.16. The van der Waals surface area contributed by atoms with Crippen molar-refractivity contribution < 1.29 is 0 Å². The van der Waals surface area contributed by atoms with Crippen molar-refractivity contribution >= 4 is 17.1 Å². The van der Waals surface area contributed by atoms with Crippen LogP contribution in [0.4, 0.5) is 17.1 Å². The molecule has 2 unspecified atom stereocenters. The van der Waals surface area contributed by atoms with Gasteiger partial charge in [0, 0.05) is 22.5 Å². The van der Waals surface area contributed by atoms with Gasteiger partial charge in [-0.3, -0.25) is 0 Å². The Morgan fingerprint density at radius 3 is 1.55 bits per heavy atom. The maximum Gasteiger partial charge on any atom is 0.0464 e. The van der Waals surface area contributed by atoms with Crippen molar-refractivity contribution in [3.63, 3.8) is 0 Å². The lowest BCUT2D eigenvalue weighted by Crippen LogP contribution is -2.16. The van der Waals surface area contributed by atoms with Crippen LogP contribution in [-0.2, 0) is 5.41 Å². The molecule has 0 aliphatic heterocycles. The summed E-state index contributed by atoms with van der Waals surface area (Å²) in [5.41, 5.74) is 22.5. The van der Waals surface area contributed by atoms with Crippen LogP contribution >= 0.6 is 0 Å². The number of benzene rings is 8. The molecule has 0 spiro atoms. The number of fused-ring (bicyclic) bond motifs is 9. The van der Waals surface area contributed by atoms with Crippen LogP contribution in [0.2, 0.25) is 0 Å². The Hall–Kier alpha value is -6.44. The largest absolute Gasteiger partial charge is 0.310 e. The maximum absolute atomic E-state index is 2.51. The van der Waals surface area contributed by atoms with Gasteiger partial charge in [-0.1, -0.05) is 166 Å². The maximum atomic E-state index is 2.51. The van der Waals surface area contributed by atoms with Gasteiger partial charge in [0.1, 0.15) is 0 Å². The molecule has 1 fully saturated rings. The molecule has 0 radical (unpaired) electrons. The standard InChI is InChI=1S/C54H41N/c1-54(2)51-22-10-9-17-42(51)46-20-12-21-47(53(46)54)43-18-11-19-44-49-34-50(49)48-33-41(31-32-45(48)52(43)44)55(39-27-23-37(24-28-39)35-13-5-3-6-14-35)40-29-25-38(26-30-40)36-15-7-4-8-16-36/h3-33,49-50H,34H2,1-2H3. The van der Waals surface area contributed by atoms with E-state index in [4.69, 9.17) is 0 Å².